The molecular formula is C12H19F3N2O. The summed E-state index contributed by atoms with van der Waals surface area (Å²) < 4.78 is 37.2. The normalized spacial score (nSPS) is 18.5. The summed E-state index contributed by atoms with van der Waals surface area (Å²) in [5.74, 6) is -0.159. The van der Waals surface area contributed by atoms with Crippen molar-refractivity contribution in [1.82, 2.24) is 4.90 Å². The zero-order chi connectivity index (χ0) is 13.8. The van der Waals surface area contributed by atoms with Gasteiger partial charge in [0.15, 0.2) is 0 Å². The Labute approximate surface area is 105 Å². The van der Waals surface area contributed by atoms with Crippen LogP contribution in [0.4, 0.5) is 13.2 Å². The van der Waals surface area contributed by atoms with E-state index in [0.29, 0.717) is 0 Å². The van der Waals surface area contributed by atoms with Crippen molar-refractivity contribution in [3.63, 3.8) is 0 Å². The van der Waals surface area contributed by atoms with Crippen LogP contribution in [0.1, 0.15) is 32.6 Å². The largest absolute Gasteiger partial charge is 0.412 e. The van der Waals surface area contributed by atoms with Gasteiger partial charge in [0.25, 0.3) is 0 Å². The first-order valence-corrected chi connectivity index (χ1v) is 6.14. The van der Waals surface area contributed by atoms with Crippen molar-refractivity contribution in [2.24, 2.45) is 5.73 Å². The van der Waals surface area contributed by atoms with Gasteiger partial charge in [-0.25, -0.2) is 0 Å². The molecule has 0 aliphatic carbocycles. The molecule has 0 spiro atoms. The third-order valence-corrected chi connectivity index (χ3v) is 3.02. The van der Waals surface area contributed by atoms with E-state index in [1.165, 1.54) is 4.90 Å². The third kappa shape index (κ3) is 4.33. The molecule has 0 aromatic carbocycles. The molecule has 1 aliphatic rings. The number of halogens is 3. The number of carbonyl (C=O) groups is 1. The zero-order valence-electron chi connectivity index (χ0n) is 10.5. The van der Waals surface area contributed by atoms with Crippen molar-refractivity contribution in [3.8, 4) is 0 Å². The number of hydrogen-bond donors (Lipinski definition) is 1. The molecule has 6 heteroatoms. The maximum Gasteiger partial charge on any atom is 0.412 e. The second kappa shape index (κ2) is 6.22. The smallest absolute Gasteiger partial charge is 0.339 e. The zero-order valence-corrected chi connectivity index (χ0v) is 10.5. The first-order chi connectivity index (χ1) is 8.34. The van der Waals surface area contributed by atoms with Gasteiger partial charge in [-0.1, -0.05) is 19.4 Å². The molecule has 3 nitrogen and oxygen atoms in total. The Hall–Kier alpha value is -1.04. The lowest BCUT2D eigenvalue weighted by molar-refractivity contribution is -0.132. The number of hydrogen-bond acceptors (Lipinski definition) is 2. The Balaban J connectivity index is 2.47. The fraction of sp³-hybridized carbons (Fsp3) is 0.750. The van der Waals surface area contributed by atoms with Gasteiger partial charge >= 0.3 is 6.18 Å². The first-order valence-electron chi connectivity index (χ1n) is 6.14. The maximum atomic E-state index is 12.4. The fourth-order valence-electron chi connectivity index (χ4n) is 1.98. The average Bonchev–Trinajstić information content (AvgIpc) is 2.28. The summed E-state index contributed by atoms with van der Waals surface area (Å²) in [7, 11) is 0. The van der Waals surface area contributed by atoms with E-state index < -0.39 is 11.7 Å². The number of rotatable bonds is 4. The fourth-order valence-corrected chi connectivity index (χ4v) is 1.98. The van der Waals surface area contributed by atoms with Crippen LogP contribution in [0, 0.1) is 0 Å². The quantitative estimate of drug-likeness (QED) is 0.791. The summed E-state index contributed by atoms with van der Waals surface area (Å²) in [6.45, 7) is 2.14. The highest BCUT2D eigenvalue weighted by molar-refractivity contribution is 5.77. The highest BCUT2D eigenvalue weighted by atomic mass is 19.4. The van der Waals surface area contributed by atoms with Crippen molar-refractivity contribution in [2.45, 2.75) is 44.8 Å². The summed E-state index contributed by atoms with van der Waals surface area (Å²) in [6, 6.07) is -0.199. The van der Waals surface area contributed by atoms with E-state index in [2.05, 4.69) is 0 Å². The number of amides is 1. The van der Waals surface area contributed by atoms with Gasteiger partial charge in [-0.15, -0.1) is 0 Å². The van der Waals surface area contributed by atoms with E-state index in [4.69, 9.17) is 5.73 Å². The summed E-state index contributed by atoms with van der Waals surface area (Å²) in [6.07, 6.45) is -1.45. The van der Waals surface area contributed by atoms with E-state index >= 15 is 0 Å². The molecular weight excluding hydrogens is 245 g/mol. The second-order valence-corrected chi connectivity index (χ2v) is 4.57. The number of carbonyl (C=O) groups excluding carboxylic acids is 1. The van der Waals surface area contributed by atoms with Crippen LogP contribution in [0.5, 0.6) is 0 Å². The highest BCUT2D eigenvalue weighted by Gasteiger charge is 2.35. The van der Waals surface area contributed by atoms with Gasteiger partial charge < -0.3 is 10.6 Å². The molecule has 0 radical (unpaired) electrons. The average molecular weight is 264 g/mol. The van der Waals surface area contributed by atoms with Crippen LogP contribution in [0.3, 0.4) is 0 Å². The molecule has 0 aromatic rings. The van der Waals surface area contributed by atoms with Crippen LogP contribution < -0.4 is 5.73 Å². The molecule has 1 unspecified atom stereocenters. The van der Waals surface area contributed by atoms with E-state index in [9.17, 15) is 18.0 Å². The minimum absolute atomic E-state index is 0.0342. The van der Waals surface area contributed by atoms with Gasteiger partial charge in [-0.3, -0.25) is 4.79 Å². The molecule has 0 fully saturated rings. The lowest BCUT2D eigenvalue weighted by Crippen LogP contribution is -2.39. The Morgan fingerprint density at radius 2 is 2.22 bits per heavy atom. The standard InChI is InChI=1S/C12H19F3N2O/c1-2-3-10(16)8-11(18)17-6-4-9(5-7-17)12(13,14)15/h4,10H,2-3,5-8,16H2,1H3. The topological polar surface area (TPSA) is 46.3 Å². The van der Waals surface area contributed by atoms with Crippen molar-refractivity contribution in [1.29, 1.82) is 0 Å². The molecule has 0 saturated carbocycles. The maximum absolute atomic E-state index is 12.4. The van der Waals surface area contributed by atoms with Gasteiger partial charge in [0.2, 0.25) is 5.91 Å². The molecule has 1 atom stereocenters. The summed E-state index contributed by atoms with van der Waals surface area (Å²) in [5, 5.41) is 0. The summed E-state index contributed by atoms with van der Waals surface area (Å²) in [5.41, 5.74) is 5.21. The van der Waals surface area contributed by atoms with Gasteiger partial charge in [0, 0.05) is 31.1 Å². The van der Waals surface area contributed by atoms with Crippen LogP contribution in [-0.2, 0) is 4.79 Å². The van der Waals surface area contributed by atoms with Crippen LogP contribution in [-0.4, -0.2) is 36.1 Å². The number of nitrogens with two attached hydrogens (primary N) is 1. The lowest BCUT2D eigenvalue weighted by atomic mass is 10.1. The second-order valence-electron chi connectivity index (χ2n) is 4.57. The summed E-state index contributed by atoms with van der Waals surface area (Å²) in [4.78, 5) is 13.2. The monoisotopic (exact) mass is 264 g/mol. The minimum Gasteiger partial charge on any atom is -0.339 e. The molecule has 104 valence electrons. The number of alkyl halides is 3. The van der Waals surface area contributed by atoms with Crippen LogP contribution in [0.15, 0.2) is 11.6 Å². The van der Waals surface area contributed by atoms with Crippen LogP contribution >= 0.6 is 0 Å². The van der Waals surface area contributed by atoms with Gasteiger partial charge in [0.1, 0.15) is 0 Å². The van der Waals surface area contributed by atoms with Crippen LogP contribution in [0.25, 0.3) is 0 Å². The van der Waals surface area contributed by atoms with Gasteiger partial charge in [0.05, 0.1) is 0 Å². The van der Waals surface area contributed by atoms with E-state index in [1.807, 2.05) is 6.92 Å². The molecule has 1 amide bonds. The molecule has 1 rings (SSSR count). The van der Waals surface area contributed by atoms with Crippen molar-refractivity contribution >= 4 is 5.91 Å². The molecule has 1 aliphatic heterocycles. The van der Waals surface area contributed by atoms with Crippen LogP contribution in [0.2, 0.25) is 0 Å². The van der Waals surface area contributed by atoms with Crippen molar-refractivity contribution in [2.75, 3.05) is 13.1 Å². The molecule has 0 saturated heterocycles. The Kier molecular flexibility index (Phi) is 5.19. The van der Waals surface area contributed by atoms with E-state index in [0.717, 1.165) is 18.9 Å². The Morgan fingerprint density at radius 1 is 1.56 bits per heavy atom. The first kappa shape index (κ1) is 15.0. The SMILES string of the molecule is CCCC(N)CC(=O)N1CC=C(C(F)(F)F)CC1. The highest BCUT2D eigenvalue weighted by Crippen LogP contribution is 2.30. The minimum atomic E-state index is -4.27. The van der Waals surface area contributed by atoms with Crippen molar-refractivity contribution in [3.05, 3.63) is 11.6 Å². The lowest BCUT2D eigenvalue weighted by Gasteiger charge is -2.28. The van der Waals surface area contributed by atoms with Gasteiger partial charge in [-0.2, -0.15) is 13.2 Å². The third-order valence-electron chi connectivity index (χ3n) is 3.02. The number of nitrogens with zero attached hydrogens (tertiary/aromatic N) is 1. The Morgan fingerprint density at radius 3 is 2.67 bits per heavy atom. The van der Waals surface area contributed by atoms with Gasteiger partial charge in [-0.05, 0) is 12.8 Å². The predicted molar refractivity (Wildman–Crippen MR) is 62.8 cm³/mol. The predicted octanol–water partition coefficient (Wildman–Crippen LogP) is 2.22. The molecule has 18 heavy (non-hydrogen) atoms. The summed E-state index contributed by atoms with van der Waals surface area (Å²) >= 11 is 0. The molecule has 1 heterocycles. The molecule has 0 bridgehead atoms. The Bertz CT molecular complexity index is 326. The van der Waals surface area contributed by atoms with Crippen molar-refractivity contribution < 1.29 is 18.0 Å². The van der Waals surface area contributed by atoms with E-state index in [1.54, 1.807) is 0 Å². The van der Waals surface area contributed by atoms with E-state index in [-0.39, 0.29) is 37.9 Å². The molecule has 0 aromatic heterocycles. The molecule has 2 N–H and O–H groups in total.